The maximum absolute atomic E-state index is 12.5. The standard InChI is InChI=1S/C22H19NO3S2/c1-26-15-9-7-14(8-10-15)21-20(24)22(25)23-18-12-11-17(13-19(18)28-21)27-16-5-3-2-4-6-16/h2-13,20-21,24H,1H3,(H,23,25). The number of methoxy groups -OCH3 is 1. The van der Waals surface area contributed by atoms with E-state index in [1.54, 1.807) is 18.9 Å². The molecule has 0 radical (unpaired) electrons. The fraction of sp³-hybridized carbons (Fsp3) is 0.136. The minimum Gasteiger partial charge on any atom is -0.497 e. The Hall–Kier alpha value is -2.41. The van der Waals surface area contributed by atoms with Crippen LogP contribution in [-0.2, 0) is 4.79 Å². The zero-order chi connectivity index (χ0) is 19.5. The highest BCUT2D eigenvalue weighted by molar-refractivity contribution is 8.00. The minimum atomic E-state index is -1.14. The fourth-order valence-electron chi connectivity index (χ4n) is 2.98. The summed E-state index contributed by atoms with van der Waals surface area (Å²) < 4.78 is 5.21. The number of aliphatic hydroxyl groups is 1. The first kappa shape index (κ1) is 18.9. The van der Waals surface area contributed by atoms with Gasteiger partial charge in [0.25, 0.3) is 5.91 Å². The van der Waals surface area contributed by atoms with Crippen molar-refractivity contribution in [2.24, 2.45) is 0 Å². The van der Waals surface area contributed by atoms with Gasteiger partial charge in [-0.15, -0.1) is 11.8 Å². The van der Waals surface area contributed by atoms with E-state index < -0.39 is 17.3 Å². The molecular weight excluding hydrogens is 390 g/mol. The van der Waals surface area contributed by atoms with E-state index in [-0.39, 0.29) is 0 Å². The highest BCUT2D eigenvalue weighted by Gasteiger charge is 2.33. The SMILES string of the molecule is COc1ccc(C2Sc3cc(Sc4ccccc4)ccc3NC(=O)C2O)cc1. The summed E-state index contributed by atoms with van der Waals surface area (Å²) in [6, 6.07) is 23.5. The predicted molar refractivity (Wildman–Crippen MR) is 113 cm³/mol. The van der Waals surface area contributed by atoms with Crippen LogP contribution >= 0.6 is 23.5 Å². The lowest BCUT2D eigenvalue weighted by molar-refractivity contribution is -0.124. The van der Waals surface area contributed by atoms with Crippen molar-refractivity contribution in [1.82, 2.24) is 0 Å². The van der Waals surface area contributed by atoms with Gasteiger partial charge in [-0.3, -0.25) is 4.79 Å². The molecule has 3 aromatic carbocycles. The number of carbonyl (C=O) groups excluding carboxylic acids is 1. The van der Waals surface area contributed by atoms with Crippen molar-refractivity contribution >= 4 is 35.1 Å². The minimum absolute atomic E-state index is 0.393. The monoisotopic (exact) mass is 409 g/mol. The van der Waals surface area contributed by atoms with Gasteiger partial charge in [0.1, 0.15) is 11.9 Å². The van der Waals surface area contributed by atoms with Gasteiger partial charge in [0, 0.05) is 14.7 Å². The van der Waals surface area contributed by atoms with Gasteiger partial charge in [0.2, 0.25) is 0 Å². The summed E-state index contributed by atoms with van der Waals surface area (Å²) in [7, 11) is 1.61. The quantitative estimate of drug-likeness (QED) is 0.636. The van der Waals surface area contributed by atoms with E-state index in [1.807, 2.05) is 54.6 Å². The number of ether oxygens (including phenoxy) is 1. The molecule has 1 amide bonds. The van der Waals surface area contributed by atoms with E-state index >= 15 is 0 Å². The van der Waals surface area contributed by atoms with E-state index in [1.165, 1.54) is 11.8 Å². The number of hydrogen-bond donors (Lipinski definition) is 2. The predicted octanol–water partition coefficient (Wildman–Crippen LogP) is 4.99. The third-order valence-corrected chi connectivity index (χ3v) is 6.82. The number of carbonyl (C=O) groups is 1. The van der Waals surface area contributed by atoms with Gasteiger partial charge < -0.3 is 15.2 Å². The summed E-state index contributed by atoms with van der Waals surface area (Å²) in [5.41, 5.74) is 1.60. The normalized spacial score (nSPS) is 18.7. The summed E-state index contributed by atoms with van der Waals surface area (Å²) in [5.74, 6) is 0.346. The number of aliphatic hydroxyl groups excluding tert-OH is 1. The summed E-state index contributed by atoms with van der Waals surface area (Å²) in [6.45, 7) is 0. The van der Waals surface area contributed by atoms with E-state index in [0.29, 0.717) is 0 Å². The van der Waals surface area contributed by atoms with Gasteiger partial charge in [-0.2, -0.15) is 0 Å². The first-order valence-corrected chi connectivity index (χ1v) is 10.5. The van der Waals surface area contributed by atoms with Crippen LogP contribution in [-0.4, -0.2) is 24.2 Å². The van der Waals surface area contributed by atoms with Crippen LogP contribution in [0, 0.1) is 0 Å². The second-order valence-electron chi connectivity index (χ2n) is 6.32. The Morgan fingerprint density at radius 2 is 1.75 bits per heavy atom. The molecule has 1 aliphatic rings. The molecule has 0 fully saturated rings. The number of thioether (sulfide) groups is 1. The molecule has 3 aromatic rings. The Bertz CT molecular complexity index is 977. The molecule has 1 aliphatic heterocycles. The second kappa shape index (κ2) is 8.31. The summed E-state index contributed by atoms with van der Waals surface area (Å²) in [4.78, 5) is 15.6. The van der Waals surface area contributed by atoms with E-state index in [0.717, 1.165) is 31.7 Å². The molecule has 28 heavy (non-hydrogen) atoms. The van der Waals surface area contributed by atoms with Crippen molar-refractivity contribution in [1.29, 1.82) is 0 Å². The first-order valence-electron chi connectivity index (χ1n) is 8.80. The summed E-state index contributed by atoms with van der Waals surface area (Å²) >= 11 is 3.16. The van der Waals surface area contributed by atoms with Gasteiger partial charge in [0.15, 0.2) is 0 Å². The lowest BCUT2D eigenvalue weighted by Crippen LogP contribution is -2.30. The molecular formula is C22H19NO3S2. The molecule has 6 heteroatoms. The molecule has 2 N–H and O–H groups in total. The lowest BCUT2D eigenvalue weighted by Gasteiger charge is -2.19. The Labute approximate surface area is 172 Å². The van der Waals surface area contributed by atoms with Gasteiger partial charge >= 0.3 is 0 Å². The molecule has 0 saturated heterocycles. The van der Waals surface area contributed by atoms with Crippen molar-refractivity contribution in [2.45, 2.75) is 26.0 Å². The van der Waals surface area contributed by atoms with Crippen LogP contribution in [0.3, 0.4) is 0 Å². The number of anilines is 1. The molecule has 1 heterocycles. The van der Waals surface area contributed by atoms with Crippen molar-refractivity contribution in [3.8, 4) is 5.75 Å². The van der Waals surface area contributed by atoms with Crippen LogP contribution < -0.4 is 10.1 Å². The molecule has 4 nitrogen and oxygen atoms in total. The average Bonchev–Trinajstić information content (AvgIpc) is 2.85. The van der Waals surface area contributed by atoms with Crippen molar-refractivity contribution in [3.63, 3.8) is 0 Å². The van der Waals surface area contributed by atoms with E-state index in [4.69, 9.17) is 4.74 Å². The van der Waals surface area contributed by atoms with Crippen LogP contribution in [0.25, 0.3) is 0 Å². The molecule has 0 spiro atoms. The van der Waals surface area contributed by atoms with E-state index in [9.17, 15) is 9.90 Å². The Balaban J connectivity index is 1.65. The van der Waals surface area contributed by atoms with Crippen molar-refractivity contribution < 1.29 is 14.6 Å². The zero-order valence-corrected chi connectivity index (χ0v) is 16.8. The Morgan fingerprint density at radius 1 is 1.00 bits per heavy atom. The van der Waals surface area contributed by atoms with Crippen LogP contribution in [0.2, 0.25) is 0 Å². The largest absolute Gasteiger partial charge is 0.497 e. The molecule has 0 aliphatic carbocycles. The number of amides is 1. The first-order chi connectivity index (χ1) is 13.6. The maximum atomic E-state index is 12.5. The zero-order valence-electron chi connectivity index (χ0n) is 15.2. The topological polar surface area (TPSA) is 58.6 Å². The number of nitrogens with one attached hydrogen (secondary N) is 1. The molecule has 0 aromatic heterocycles. The van der Waals surface area contributed by atoms with Crippen molar-refractivity contribution in [3.05, 3.63) is 78.4 Å². The van der Waals surface area contributed by atoms with Gasteiger partial charge in [0.05, 0.1) is 18.0 Å². The third-order valence-electron chi connectivity index (χ3n) is 4.44. The number of benzene rings is 3. The number of rotatable bonds is 4. The van der Waals surface area contributed by atoms with Crippen molar-refractivity contribution in [2.75, 3.05) is 12.4 Å². The molecule has 2 unspecified atom stereocenters. The maximum Gasteiger partial charge on any atom is 0.254 e. The van der Waals surface area contributed by atoms with Crippen LogP contribution in [0.15, 0.2) is 87.5 Å². The summed E-state index contributed by atoms with van der Waals surface area (Å²) in [5, 5.41) is 13.0. The Kier molecular flexibility index (Phi) is 5.62. The molecule has 142 valence electrons. The Morgan fingerprint density at radius 3 is 2.46 bits per heavy atom. The molecule has 0 bridgehead atoms. The summed E-state index contributed by atoms with van der Waals surface area (Å²) in [6.07, 6.45) is -1.14. The highest BCUT2D eigenvalue weighted by atomic mass is 32.2. The molecule has 2 atom stereocenters. The molecule has 0 saturated carbocycles. The highest BCUT2D eigenvalue weighted by Crippen LogP contribution is 2.45. The number of fused-ring (bicyclic) bond motifs is 1. The third kappa shape index (κ3) is 4.04. The molecule has 4 rings (SSSR count). The van der Waals surface area contributed by atoms with Gasteiger partial charge in [-0.05, 0) is 48.0 Å². The van der Waals surface area contributed by atoms with Gasteiger partial charge in [-0.25, -0.2) is 0 Å². The van der Waals surface area contributed by atoms with Crippen LogP contribution in [0.4, 0.5) is 5.69 Å². The van der Waals surface area contributed by atoms with Crippen LogP contribution in [0.1, 0.15) is 10.8 Å². The fourth-order valence-corrected chi connectivity index (χ4v) is 5.19. The second-order valence-corrected chi connectivity index (χ2v) is 8.65. The van der Waals surface area contributed by atoms with Crippen LogP contribution in [0.5, 0.6) is 5.75 Å². The smallest absolute Gasteiger partial charge is 0.254 e. The average molecular weight is 410 g/mol. The van der Waals surface area contributed by atoms with Gasteiger partial charge in [-0.1, -0.05) is 42.1 Å². The van der Waals surface area contributed by atoms with E-state index in [2.05, 4.69) is 23.5 Å². The lowest BCUT2D eigenvalue weighted by atomic mass is 10.1. The number of hydrogen-bond acceptors (Lipinski definition) is 5.